The van der Waals surface area contributed by atoms with Crippen LogP contribution < -0.4 is 9.80 Å². The highest BCUT2D eigenvalue weighted by Gasteiger charge is 2.47. The Labute approximate surface area is 206 Å². The fraction of sp³-hybridized carbons (Fsp3) is 0.185. The molecule has 2 aliphatic rings. The second-order valence-corrected chi connectivity index (χ2v) is 8.78. The molecule has 2 aliphatic heterocycles. The van der Waals surface area contributed by atoms with Crippen LogP contribution in [-0.4, -0.2) is 39.9 Å². The average Bonchev–Trinajstić information content (AvgIpc) is 3.51. The minimum atomic E-state index is -1.05. The van der Waals surface area contributed by atoms with Crippen LogP contribution in [0.4, 0.5) is 17.1 Å². The number of anilines is 2. The van der Waals surface area contributed by atoms with Crippen LogP contribution in [0.2, 0.25) is 0 Å². The molecule has 0 radical (unpaired) electrons. The summed E-state index contributed by atoms with van der Waals surface area (Å²) in [6.45, 7) is 1.91. The fourth-order valence-corrected chi connectivity index (χ4v) is 4.83. The van der Waals surface area contributed by atoms with Crippen LogP contribution in [0.25, 0.3) is 5.76 Å². The van der Waals surface area contributed by atoms with E-state index in [0.29, 0.717) is 11.3 Å². The minimum absolute atomic E-state index is 0.0386. The Bertz CT molecular complexity index is 1390. The molecule has 3 aromatic carbocycles. The summed E-state index contributed by atoms with van der Waals surface area (Å²) in [6, 6.07) is 17.6. The van der Waals surface area contributed by atoms with Gasteiger partial charge in [-0.05, 0) is 54.8 Å². The number of nitro benzene ring substituents is 1. The number of phenolic OH excluding ortho intramolecular Hbond substituents is 1. The van der Waals surface area contributed by atoms with Crippen molar-refractivity contribution < 1.29 is 24.7 Å². The van der Waals surface area contributed by atoms with Gasteiger partial charge in [-0.15, -0.1) is 0 Å². The Balaban J connectivity index is 1.64. The highest BCUT2D eigenvalue weighted by atomic mass is 16.6. The van der Waals surface area contributed by atoms with Gasteiger partial charge in [0.15, 0.2) is 0 Å². The van der Waals surface area contributed by atoms with Crippen molar-refractivity contribution in [2.75, 3.05) is 22.9 Å². The number of non-ortho nitro benzene ring substituents is 1. The first-order valence-corrected chi connectivity index (χ1v) is 11.5. The number of ketones is 1. The molecule has 36 heavy (non-hydrogen) atoms. The van der Waals surface area contributed by atoms with E-state index < -0.39 is 28.4 Å². The molecule has 5 rings (SSSR count). The summed E-state index contributed by atoms with van der Waals surface area (Å²) >= 11 is 0. The summed E-state index contributed by atoms with van der Waals surface area (Å²) in [5.74, 6) is -2.36. The summed E-state index contributed by atoms with van der Waals surface area (Å²) in [4.78, 5) is 40.7. The summed E-state index contributed by atoms with van der Waals surface area (Å²) in [5, 5.41) is 32.5. The lowest BCUT2D eigenvalue weighted by molar-refractivity contribution is -0.384. The van der Waals surface area contributed by atoms with Crippen LogP contribution in [0.1, 0.15) is 30.0 Å². The van der Waals surface area contributed by atoms with E-state index in [1.807, 2.05) is 12.1 Å². The number of nitrogens with zero attached hydrogens (tertiary/aromatic N) is 3. The van der Waals surface area contributed by atoms with Gasteiger partial charge in [0.2, 0.25) is 0 Å². The Hall–Kier alpha value is -4.66. The molecule has 0 saturated carbocycles. The fourth-order valence-electron chi connectivity index (χ4n) is 4.83. The number of carbonyl (C=O) groups is 2. The zero-order chi connectivity index (χ0) is 25.4. The van der Waals surface area contributed by atoms with Crippen molar-refractivity contribution in [3.05, 3.63) is 99.6 Å². The molecule has 0 bridgehead atoms. The molecule has 0 aromatic heterocycles. The molecule has 182 valence electrons. The normalized spacial score (nSPS) is 19.2. The third-order valence-electron chi connectivity index (χ3n) is 6.56. The van der Waals surface area contributed by atoms with Gasteiger partial charge in [-0.25, -0.2) is 0 Å². The number of rotatable bonds is 5. The maximum Gasteiger partial charge on any atom is 0.300 e. The van der Waals surface area contributed by atoms with Gasteiger partial charge in [0, 0.05) is 42.2 Å². The minimum Gasteiger partial charge on any atom is -0.508 e. The first-order chi connectivity index (χ1) is 17.3. The van der Waals surface area contributed by atoms with Crippen LogP contribution in [-0.2, 0) is 9.59 Å². The zero-order valence-corrected chi connectivity index (χ0v) is 19.2. The van der Waals surface area contributed by atoms with E-state index in [0.717, 1.165) is 37.7 Å². The molecule has 0 spiro atoms. The largest absolute Gasteiger partial charge is 0.508 e. The smallest absolute Gasteiger partial charge is 0.300 e. The predicted molar refractivity (Wildman–Crippen MR) is 134 cm³/mol. The Morgan fingerprint density at radius 2 is 1.58 bits per heavy atom. The van der Waals surface area contributed by atoms with Crippen LogP contribution >= 0.6 is 0 Å². The lowest BCUT2D eigenvalue weighted by Crippen LogP contribution is -2.29. The molecule has 2 saturated heterocycles. The van der Waals surface area contributed by atoms with E-state index in [2.05, 4.69) is 4.90 Å². The molecule has 2 heterocycles. The molecule has 2 fully saturated rings. The van der Waals surface area contributed by atoms with E-state index in [1.165, 1.54) is 35.2 Å². The van der Waals surface area contributed by atoms with E-state index >= 15 is 0 Å². The number of carbonyl (C=O) groups excluding carboxylic acids is 2. The number of aliphatic hydroxyl groups excluding tert-OH is 1. The van der Waals surface area contributed by atoms with Crippen LogP contribution in [0.3, 0.4) is 0 Å². The average molecular weight is 485 g/mol. The lowest BCUT2D eigenvalue weighted by Gasteiger charge is -2.26. The quantitative estimate of drug-likeness (QED) is 0.179. The SMILES string of the molecule is O=C1C(=O)N(c2ccc(N3CCCC3)cc2)C(c2cccc(O)c2)/C1=C(/O)c1cccc([N+](=O)[O-])c1. The number of aliphatic hydroxyl groups is 1. The predicted octanol–water partition coefficient (Wildman–Crippen LogP) is 4.53. The number of phenols is 1. The molecule has 1 unspecified atom stereocenters. The molecule has 1 atom stereocenters. The van der Waals surface area contributed by atoms with Gasteiger partial charge in [-0.2, -0.15) is 0 Å². The highest BCUT2D eigenvalue weighted by Crippen LogP contribution is 2.43. The van der Waals surface area contributed by atoms with Crippen molar-refractivity contribution in [3.8, 4) is 5.75 Å². The number of Topliss-reactive ketones (excluding diaryl/α,β-unsaturated/α-hetero) is 1. The molecular weight excluding hydrogens is 462 g/mol. The van der Waals surface area contributed by atoms with Gasteiger partial charge < -0.3 is 15.1 Å². The van der Waals surface area contributed by atoms with Crippen molar-refractivity contribution in [2.45, 2.75) is 18.9 Å². The zero-order valence-electron chi connectivity index (χ0n) is 19.2. The molecule has 0 aliphatic carbocycles. The van der Waals surface area contributed by atoms with Crippen molar-refractivity contribution >= 4 is 34.5 Å². The van der Waals surface area contributed by atoms with Gasteiger partial charge in [-0.1, -0.05) is 24.3 Å². The molecule has 9 heteroatoms. The number of nitro groups is 1. The van der Waals surface area contributed by atoms with Crippen LogP contribution in [0, 0.1) is 10.1 Å². The van der Waals surface area contributed by atoms with Gasteiger partial charge in [0.05, 0.1) is 16.5 Å². The maximum atomic E-state index is 13.3. The monoisotopic (exact) mass is 485 g/mol. The summed E-state index contributed by atoms with van der Waals surface area (Å²) in [6.07, 6.45) is 2.23. The third kappa shape index (κ3) is 4.04. The Morgan fingerprint density at radius 3 is 2.25 bits per heavy atom. The Morgan fingerprint density at radius 1 is 0.917 bits per heavy atom. The molecule has 3 aromatic rings. The van der Waals surface area contributed by atoms with Crippen LogP contribution in [0.5, 0.6) is 5.75 Å². The number of hydrogen-bond acceptors (Lipinski definition) is 7. The van der Waals surface area contributed by atoms with Crippen molar-refractivity contribution in [1.29, 1.82) is 0 Å². The summed E-state index contributed by atoms with van der Waals surface area (Å²) in [5.41, 5.74) is 1.43. The Kier molecular flexibility index (Phi) is 5.89. The first kappa shape index (κ1) is 23.1. The van der Waals surface area contributed by atoms with Crippen molar-refractivity contribution in [3.63, 3.8) is 0 Å². The molecule has 1 amide bonds. The van der Waals surface area contributed by atoms with Gasteiger partial charge in [-0.3, -0.25) is 24.6 Å². The standard InChI is InChI=1S/C27H23N3O6/c31-22-8-4-5-17(16-22)24-23(25(32)18-6-3-7-21(15-18)30(35)36)26(33)27(34)29(24)20-11-9-19(10-12-20)28-13-1-2-14-28/h3-12,15-16,24,31-32H,1-2,13-14H2/b25-23-. The van der Waals surface area contributed by atoms with E-state index in [-0.39, 0.29) is 22.6 Å². The third-order valence-corrected chi connectivity index (χ3v) is 6.56. The topological polar surface area (TPSA) is 124 Å². The second kappa shape index (κ2) is 9.18. The van der Waals surface area contributed by atoms with Crippen molar-refractivity contribution in [1.82, 2.24) is 0 Å². The van der Waals surface area contributed by atoms with E-state index in [1.54, 1.807) is 24.3 Å². The highest BCUT2D eigenvalue weighted by molar-refractivity contribution is 6.51. The van der Waals surface area contributed by atoms with Gasteiger partial charge in [0.1, 0.15) is 11.5 Å². The van der Waals surface area contributed by atoms with E-state index in [9.17, 15) is 29.9 Å². The van der Waals surface area contributed by atoms with Gasteiger partial charge in [0.25, 0.3) is 17.4 Å². The number of benzene rings is 3. The molecule has 2 N–H and O–H groups in total. The number of amides is 1. The molecular formula is C27H23N3O6. The second-order valence-electron chi connectivity index (χ2n) is 8.78. The summed E-state index contributed by atoms with van der Waals surface area (Å²) in [7, 11) is 0. The lowest BCUT2D eigenvalue weighted by atomic mass is 9.95. The molecule has 9 nitrogen and oxygen atoms in total. The summed E-state index contributed by atoms with van der Waals surface area (Å²) < 4.78 is 0. The first-order valence-electron chi connectivity index (χ1n) is 11.5. The van der Waals surface area contributed by atoms with Crippen molar-refractivity contribution in [2.24, 2.45) is 0 Å². The number of aromatic hydroxyl groups is 1. The van der Waals surface area contributed by atoms with Gasteiger partial charge >= 0.3 is 0 Å². The number of hydrogen-bond donors (Lipinski definition) is 2. The maximum absolute atomic E-state index is 13.3. The van der Waals surface area contributed by atoms with E-state index in [4.69, 9.17) is 0 Å². The van der Waals surface area contributed by atoms with Crippen LogP contribution in [0.15, 0.2) is 78.4 Å².